The normalized spacial score (nSPS) is 18.4. The summed E-state index contributed by atoms with van der Waals surface area (Å²) in [4.78, 5) is 51.2. The average molecular weight is 588 g/mol. The third-order valence-electron chi connectivity index (χ3n) is 7.27. The molecular weight excluding hydrogens is 562 g/mol. The zero-order valence-electron chi connectivity index (χ0n) is 22.2. The number of nitrogens with zero attached hydrogens (tertiary/aromatic N) is 3. The highest BCUT2D eigenvalue weighted by molar-refractivity contribution is 7.99. The van der Waals surface area contributed by atoms with E-state index in [1.807, 2.05) is 30.3 Å². The van der Waals surface area contributed by atoms with Crippen molar-refractivity contribution >= 4 is 40.6 Å². The number of amides is 3. The minimum atomic E-state index is -1.06. The molecule has 1 unspecified atom stereocenters. The molecule has 42 heavy (non-hydrogen) atoms. The van der Waals surface area contributed by atoms with Crippen molar-refractivity contribution in [3.63, 3.8) is 0 Å². The van der Waals surface area contributed by atoms with Gasteiger partial charge in [-0.25, -0.2) is 4.98 Å². The lowest BCUT2D eigenvalue weighted by molar-refractivity contribution is -0.152. The number of hydrogen-bond acceptors (Lipinski definition) is 10. The summed E-state index contributed by atoms with van der Waals surface area (Å²) in [5.74, 6) is -0.738. The van der Waals surface area contributed by atoms with E-state index in [1.54, 1.807) is 42.4 Å². The molecular formula is C29H25N5O7S. The van der Waals surface area contributed by atoms with Gasteiger partial charge in [0.15, 0.2) is 11.4 Å². The number of nitrogens with one attached hydrogen (secondary N) is 2. The molecule has 4 aromatic rings. The molecule has 2 fully saturated rings. The number of aromatic nitrogens is 2. The van der Waals surface area contributed by atoms with E-state index in [9.17, 15) is 14.4 Å². The quantitative estimate of drug-likeness (QED) is 0.304. The summed E-state index contributed by atoms with van der Waals surface area (Å²) in [5.41, 5.74) is 1.49. The van der Waals surface area contributed by atoms with Crippen molar-refractivity contribution in [2.45, 2.75) is 34.6 Å². The van der Waals surface area contributed by atoms with E-state index < -0.39 is 29.6 Å². The molecule has 12 nitrogen and oxygen atoms in total. The summed E-state index contributed by atoms with van der Waals surface area (Å²) in [6.07, 6.45) is 3.33. The third kappa shape index (κ3) is 5.06. The van der Waals surface area contributed by atoms with Crippen molar-refractivity contribution in [1.29, 1.82) is 0 Å². The standard InChI is InChI=1S/C29H25N5O7S/c35-26(15-32-27(36)17-5-6-24-22(11-17)40-21-3-1-2-4-23(21)42-24)34-16-29(38-9-10-39-29)12-19(34)28(37)31-14-25-33-18-13-30-8-7-20(18)41-25/h1-8,11,13,19H,9-10,12,14-16H2,(H,31,37)(H,32,36). The molecule has 3 aliphatic heterocycles. The molecule has 0 bridgehead atoms. The predicted molar refractivity (Wildman–Crippen MR) is 148 cm³/mol. The van der Waals surface area contributed by atoms with Gasteiger partial charge >= 0.3 is 0 Å². The van der Waals surface area contributed by atoms with Gasteiger partial charge in [0.05, 0.1) is 48.8 Å². The van der Waals surface area contributed by atoms with Crippen LogP contribution in [0.5, 0.6) is 11.5 Å². The second-order valence-electron chi connectivity index (χ2n) is 10.0. The van der Waals surface area contributed by atoms with Crippen molar-refractivity contribution in [2.24, 2.45) is 0 Å². The Morgan fingerprint density at radius 1 is 1.02 bits per heavy atom. The summed E-state index contributed by atoms with van der Waals surface area (Å²) in [6, 6.07) is 13.6. The molecule has 0 aliphatic carbocycles. The summed E-state index contributed by atoms with van der Waals surface area (Å²) in [5, 5.41) is 5.47. The first kappa shape index (κ1) is 26.4. The van der Waals surface area contributed by atoms with E-state index in [1.165, 1.54) is 4.90 Å². The molecule has 2 saturated heterocycles. The minimum Gasteiger partial charge on any atom is -0.455 e. The van der Waals surface area contributed by atoms with Crippen molar-refractivity contribution in [3.8, 4) is 11.5 Å². The lowest BCUT2D eigenvalue weighted by Crippen LogP contribution is -2.49. The van der Waals surface area contributed by atoms with E-state index in [0.29, 0.717) is 41.5 Å². The molecule has 5 heterocycles. The van der Waals surface area contributed by atoms with Crippen LogP contribution in [0.15, 0.2) is 75.1 Å². The van der Waals surface area contributed by atoms with Gasteiger partial charge in [0.25, 0.3) is 5.91 Å². The van der Waals surface area contributed by atoms with Gasteiger partial charge in [-0.15, -0.1) is 0 Å². The molecule has 1 spiro atoms. The SMILES string of the molecule is O=C(NCC(=O)N1CC2(CC1C(=O)NCc1nc3cnccc3o1)OCCO2)c1ccc2c(c1)Oc1ccccc1S2. The average Bonchev–Trinajstić information content (AvgIpc) is 3.75. The van der Waals surface area contributed by atoms with E-state index in [2.05, 4.69) is 20.6 Å². The van der Waals surface area contributed by atoms with Gasteiger partial charge in [-0.1, -0.05) is 23.9 Å². The van der Waals surface area contributed by atoms with Crippen LogP contribution in [-0.2, 0) is 25.6 Å². The Morgan fingerprint density at radius 2 is 1.86 bits per heavy atom. The number of carbonyl (C=O) groups excluding carboxylic acids is 3. The number of ether oxygens (including phenoxy) is 3. The molecule has 2 aromatic carbocycles. The fraction of sp³-hybridized carbons (Fsp3) is 0.276. The molecule has 0 saturated carbocycles. The van der Waals surface area contributed by atoms with Crippen molar-refractivity contribution in [1.82, 2.24) is 25.5 Å². The summed E-state index contributed by atoms with van der Waals surface area (Å²) < 4.78 is 23.2. The monoisotopic (exact) mass is 587 g/mol. The molecule has 214 valence electrons. The van der Waals surface area contributed by atoms with Crippen LogP contribution in [0, 0.1) is 0 Å². The first-order chi connectivity index (χ1) is 20.5. The summed E-state index contributed by atoms with van der Waals surface area (Å²) in [6.45, 7) is 0.519. The highest BCUT2D eigenvalue weighted by atomic mass is 32.2. The maximum absolute atomic E-state index is 13.4. The van der Waals surface area contributed by atoms with Crippen LogP contribution in [0.2, 0.25) is 0 Å². The molecule has 13 heteroatoms. The predicted octanol–water partition coefficient (Wildman–Crippen LogP) is 2.87. The molecule has 3 amide bonds. The smallest absolute Gasteiger partial charge is 0.251 e. The fourth-order valence-corrected chi connectivity index (χ4v) is 6.19. The summed E-state index contributed by atoms with van der Waals surface area (Å²) in [7, 11) is 0. The second-order valence-corrected chi connectivity index (χ2v) is 11.1. The van der Waals surface area contributed by atoms with Crippen LogP contribution in [0.1, 0.15) is 22.7 Å². The maximum atomic E-state index is 13.4. The van der Waals surface area contributed by atoms with Crippen LogP contribution in [0.4, 0.5) is 0 Å². The number of oxazole rings is 1. The Labute approximate surface area is 243 Å². The first-order valence-corrected chi connectivity index (χ1v) is 14.2. The Bertz CT molecular complexity index is 1670. The summed E-state index contributed by atoms with van der Waals surface area (Å²) >= 11 is 1.56. The Morgan fingerprint density at radius 3 is 2.71 bits per heavy atom. The minimum absolute atomic E-state index is 0.0284. The lowest BCUT2D eigenvalue weighted by Gasteiger charge is -2.24. The van der Waals surface area contributed by atoms with E-state index in [4.69, 9.17) is 18.6 Å². The lowest BCUT2D eigenvalue weighted by atomic mass is 10.1. The molecule has 1 atom stereocenters. The van der Waals surface area contributed by atoms with E-state index in [0.717, 1.165) is 15.5 Å². The van der Waals surface area contributed by atoms with Gasteiger partial charge in [-0.2, -0.15) is 0 Å². The highest BCUT2D eigenvalue weighted by Crippen LogP contribution is 2.47. The van der Waals surface area contributed by atoms with Crippen molar-refractivity contribution in [3.05, 3.63) is 72.4 Å². The van der Waals surface area contributed by atoms with Gasteiger partial charge in [0.2, 0.25) is 17.7 Å². The van der Waals surface area contributed by atoms with Gasteiger partial charge in [0, 0.05) is 24.2 Å². The van der Waals surface area contributed by atoms with E-state index in [-0.39, 0.29) is 26.1 Å². The van der Waals surface area contributed by atoms with Crippen LogP contribution >= 0.6 is 11.8 Å². The first-order valence-electron chi connectivity index (χ1n) is 13.4. The maximum Gasteiger partial charge on any atom is 0.251 e. The molecule has 3 aliphatic rings. The number of pyridine rings is 1. The Kier molecular flexibility index (Phi) is 6.76. The third-order valence-corrected chi connectivity index (χ3v) is 8.39. The Hall–Kier alpha value is -4.46. The topological polar surface area (TPSA) is 145 Å². The number of hydrogen-bond donors (Lipinski definition) is 2. The number of carbonyl (C=O) groups is 3. The largest absolute Gasteiger partial charge is 0.455 e. The second kappa shape index (κ2) is 10.7. The van der Waals surface area contributed by atoms with Crippen molar-refractivity contribution < 1.29 is 33.0 Å². The number of para-hydroxylation sites is 1. The van der Waals surface area contributed by atoms with Crippen LogP contribution < -0.4 is 15.4 Å². The highest BCUT2D eigenvalue weighted by Gasteiger charge is 2.52. The van der Waals surface area contributed by atoms with Gasteiger partial charge < -0.3 is 34.2 Å². The van der Waals surface area contributed by atoms with Gasteiger partial charge in [-0.3, -0.25) is 19.4 Å². The Balaban J connectivity index is 1.01. The van der Waals surface area contributed by atoms with E-state index >= 15 is 0 Å². The molecule has 7 rings (SSSR count). The van der Waals surface area contributed by atoms with Gasteiger partial charge in [-0.05, 0) is 30.3 Å². The molecule has 0 radical (unpaired) electrons. The number of rotatable bonds is 6. The van der Waals surface area contributed by atoms with Crippen LogP contribution in [0.25, 0.3) is 11.1 Å². The molecule has 2 N–H and O–H groups in total. The van der Waals surface area contributed by atoms with Crippen LogP contribution in [-0.4, -0.2) is 70.7 Å². The van der Waals surface area contributed by atoms with Crippen molar-refractivity contribution in [2.75, 3.05) is 26.3 Å². The number of likely N-dealkylation sites (tertiary alicyclic amines) is 1. The fourth-order valence-electron chi connectivity index (χ4n) is 5.25. The number of benzene rings is 2. The van der Waals surface area contributed by atoms with Gasteiger partial charge in [0.1, 0.15) is 23.1 Å². The molecule has 2 aromatic heterocycles. The zero-order chi connectivity index (χ0) is 28.7. The number of fused-ring (bicyclic) bond motifs is 3. The zero-order valence-corrected chi connectivity index (χ0v) is 23.0. The van der Waals surface area contributed by atoms with Crippen LogP contribution in [0.3, 0.4) is 0 Å².